The van der Waals surface area contributed by atoms with Crippen molar-refractivity contribution >= 4 is 5.82 Å². The number of aromatic nitrogens is 2. The summed E-state index contributed by atoms with van der Waals surface area (Å²) in [4.78, 5) is 9.08. The molecule has 0 fully saturated rings. The molecule has 0 amide bonds. The number of aryl methyl sites for hydroxylation is 1. The number of nitrogens with two attached hydrogens (primary N) is 1. The van der Waals surface area contributed by atoms with Gasteiger partial charge in [0.1, 0.15) is 11.6 Å². The Morgan fingerprint density at radius 3 is 2.38 bits per heavy atom. The fourth-order valence-corrected chi connectivity index (χ4v) is 2.13. The summed E-state index contributed by atoms with van der Waals surface area (Å²) in [5.41, 5.74) is 5.57. The quantitative estimate of drug-likeness (QED) is 0.652. The second kappa shape index (κ2) is 6.54. The van der Waals surface area contributed by atoms with E-state index in [4.69, 9.17) is 10.6 Å². The number of nitrogens with zero attached hydrogens (tertiary/aromatic N) is 2. The van der Waals surface area contributed by atoms with Crippen LogP contribution in [0.3, 0.4) is 0 Å². The van der Waals surface area contributed by atoms with Crippen molar-refractivity contribution in [3.63, 3.8) is 0 Å². The van der Waals surface area contributed by atoms with Gasteiger partial charge in [0.25, 0.3) is 0 Å². The van der Waals surface area contributed by atoms with Crippen LogP contribution in [0.5, 0.6) is 5.75 Å². The van der Waals surface area contributed by atoms with E-state index in [0.717, 1.165) is 29.0 Å². The summed E-state index contributed by atoms with van der Waals surface area (Å²) >= 11 is 0. The third-order valence-corrected chi connectivity index (χ3v) is 3.20. The molecule has 0 aliphatic carbocycles. The summed E-state index contributed by atoms with van der Waals surface area (Å²) in [6.45, 7) is 8.05. The average Bonchev–Trinajstić information content (AvgIpc) is 2.48. The van der Waals surface area contributed by atoms with E-state index in [0.29, 0.717) is 11.6 Å². The fraction of sp³-hybridized carbons (Fsp3) is 0.375. The van der Waals surface area contributed by atoms with Crippen molar-refractivity contribution in [1.82, 2.24) is 9.97 Å². The Hall–Kier alpha value is -2.14. The third kappa shape index (κ3) is 3.49. The molecule has 1 heterocycles. The Morgan fingerprint density at radius 2 is 1.86 bits per heavy atom. The predicted molar refractivity (Wildman–Crippen MR) is 85.2 cm³/mol. The topological polar surface area (TPSA) is 73.1 Å². The molecule has 2 aromatic rings. The maximum atomic E-state index is 5.64. The molecule has 1 aromatic carbocycles. The molecule has 3 N–H and O–H groups in total. The van der Waals surface area contributed by atoms with E-state index in [2.05, 4.69) is 22.3 Å². The van der Waals surface area contributed by atoms with Crippen LogP contribution in [0, 0.1) is 6.92 Å². The molecule has 21 heavy (non-hydrogen) atoms. The van der Waals surface area contributed by atoms with Crippen LogP contribution in [0.15, 0.2) is 24.3 Å². The highest BCUT2D eigenvalue weighted by molar-refractivity contribution is 5.60. The first kappa shape index (κ1) is 15.3. The third-order valence-electron chi connectivity index (χ3n) is 3.20. The van der Waals surface area contributed by atoms with E-state index < -0.39 is 0 Å². The van der Waals surface area contributed by atoms with E-state index in [-0.39, 0.29) is 6.10 Å². The van der Waals surface area contributed by atoms with Crippen LogP contribution in [0.1, 0.15) is 32.0 Å². The summed E-state index contributed by atoms with van der Waals surface area (Å²) in [5, 5.41) is 0. The van der Waals surface area contributed by atoms with Gasteiger partial charge in [-0.15, -0.1) is 0 Å². The fourth-order valence-electron chi connectivity index (χ4n) is 2.13. The van der Waals surface area contributed by atoms with Crippen molar-refractivity contribution in [2.24, 2.45) is 5.84 Å². The van der Waals surface area contributed by atoms with E-state index in [1.54, 1.807) is 0 Å². The van der Waals surface area contributed by atoms with Crippen LogP contribution < -0.4 is 16.0 Å². The lowest BCUT2D eigenvalue weighted by molar-refractivity contribution is 0.242. The van der Waals surface area contributed by atoms with Gasteiger partial charge in [-0.2, -0.15) is 0 Å². The van der Waals surface area contributed by atoms with Crippen molar-refractivity contribution in [1.29, 1.82) is 0 Å². The molecule has 0 saturated carbocycles. The van der Waals surface area contributed by atoms with E-state index in [1.165, 1.54) is 0 Å². The standard InChI is InChI=1S/C16H22N4O/c1-5-14-11(4)15(20-17)19-16(18-14)12-6-8-13(9-7-12)21-10(2)3/h6-10H,5,17H2,1-4H3,(H,18,19,20). The maximum Gasteiger partial charge on any atom is 0.161 e. The molecule has 0 atom stereocenters. The monoisotopic (exact) mass is 286 g/mol. The second-order valence-electron chi connectivity index (χ2n) is 5.16. The van der Waals surface area contributed by atoms with Gasteiger partial charge in [0.05, 0.1) is 6.10 Å². The molecule has 0 radical (unpaired) electrons. The first-order valence-corrected chi connectivity index (χ1v) is 7.16. The summed E-state index contributed by atoms with van der Waals surface area (Å²) in [7, 11) is 0. The van der Waals surface area contributed by atoms with Crippen LogP contribution in [0.2, 0.25) is 0 Å². The lowest BCUT2D eigenvalue weighted by atomic mass is 10.1. The molecular weight excluding hydrogens is 264 g/mol. The molecule has 0 spiro atoms. The van der Waals surface area contributed by atoms with Gasteiger partial charge in [-0.25, -0.2) is 15.8 Å². The summed E-state index contributed by atoms with van der Waals surface area (Å²) in [5.74, 6) is 7.72. The van der Waals surface area contributed by atoms with E-state index >= 15 is 0 Å². The number of anilines is 1. The molecule has 0 saturated heterocycles. The molecule has 112 valence electrons. The van der Waals surface area contributed by atoms with Gasteiger partial charge >= 0.3 is 0 Å². The molecule has 0 aliphatic heterocycles. The Balaban J connectivity index is 2.37. The van der Waals surface area contributed by atoms with Crippen LogP contribution >= 0.6 is 0 Å². The van der Waals surface area contributed by atoms with Crippen LogP contribution in [0.4, 0.5) is 5.82 Å². The molecule has 5 nitrogen and oxygen atoms in total. The minimum absolute atomic E-state index is 0.159. The van der Waals surface area contributed by atoms with Crippen molar-refractivity contribution in [3.05, 3.63) is 35.5 Å². The Kier molecular flexibility index (Phi) is 4.75. The van der Waals surface area contributed by atoms with Crippen molar-refractivity contribution in [2.45, 2.75) is 40.2 Å². The Bertz CT molecular complexity index is 583. The van der Waals surface area contributed by atoms with Gasteiger partial charge in [-0.05, 0) is 51.5 Å². The number of benzene rings is 1. The van der Waals surface area contributed by atoms with Gasteiger partial charge in [0.15, 0.2) is 5.82 Å². The number of nitrogens with one attached hydrogen (secondary N) is 1. The van der Waals surface area contributed by atoms with Crippen molar-refractivity contribution < 1.29 is 4.74 Å². The van der Waals surface area contributed by atoms with Gasteiger partial charge in [-0.1, -0.05) is 6.92 Å². The highest BCUT2D eigenvalue weighted by atomic mass is 16.5. The zero-order chi connectivity index (χ0) is 15.4. The largest absolute Gasteiger partial charge is 0.491 e. The molecule has 2 rings (SSSR count). The predicted octanol–water partition coefficient (Wildman–Crippen LogP) is 3.09. The average molecular weight is 286 g/mol. The molecule has 0 aliphatic rings. The first-order chi connectivity index (χ1) is 10.0. The van der Waals surface area contributed by atoms with Gasteiger partial charge in [-0.3, -0.25) is 0 Å². The number of hydrazine groups is 1. The number of hydrogen-bond donors (Lipinski definition) is 2. The van der Waals surface area contributed by atoms with E-state index in [9.17, 15) is 0 Å². The van der Waals surface area contributed by atoms with Crippen LogP contribution in [-0.2, 0) is 6.42 Å². The Labute approximate surface area is 125 Å². The molecule has 0 bridgehead atoms. The van der Waals surface area contributed by atoms with E-state index in [1.807, 2.05) is 45.0 Å². The number of nitrogen functional groups attached to an aromatic ring is 1. The van der Waals surface area contributed by atoms with Gasteiger partial charge in [0, 0.05) is 16.8 Å². The van der Waals surface area contributed by atoms with Gasteiger partial charge in [0.2, 0.25) is 0 Å². The maximum absolute atomic E-state index is 5.64. The summed E-state index contributed by atoms with van der Waals surface area (Å²) in [6.07, 6.45) is 0.996. The lowest BCUT2D eigenvalue weighted by Crippen LogP contribution is -2.13. The first-order valence-electron chi connectivity index (χ1n) is 7.16. The number of ether oxygens (including phenoxy) is 1. The summed E-state index contributed by atoms with van der Waals surface area (Å²) in [6, 6.07) is 7.78. The van der Waals surface area contributed by atoms with Crippen LogP contribution in [0.25, 0.3) is 11.4 Å². The summed E-state index contributed by atoms with van der Waals surface area (Å²) < 4.78 is 5.64. The normalized spacial score (nSPS) is 10.8. The van der Waals surface area contributed by atoms with Gasteiger partial charge < -0.3 is 10.2 Å². The minimum atomic E-state index is 0.159. The Morgan fingerprint density at radius 1 is 1.19 bits per heavy atom. The molecule has 0 unspecified atom stereocenters. The van der Waals surface area contributed by atoms with Crippen LogP contribution in [-0.4, -0.2) is 16.1 Å². The second-order valence-corrected chi connectivity index (χ2v) is 5.16. The highest BCUT2D eigenvalue weighted by Gasteiger charge is 2.10. The lowest BCUT2D eigenvalue weighted by Gasteiger charge is -2.12. The van der Waals surface area contributed by atoms with Crippen molar-refractivity contribution in [2.75, 3.05) is 5.43 Å². The molecule has 5 heteroatoms. The molecular formula is C16H22N4O. The highest BCUT2D eigenvalue weighted by Crippen LogP contribution is 2.24. The SMILES string of the molecule is CCc1nc(-c2ccc(OC(C)C)cc2)nc(NN)c1C. The number of hydrogen-bond acceptors (Lipinski definition) is 5. The molecule has 1 aromatic heterocycles. The minimum Gasteiger partial charge on any atom is -0.491 e. The smallest absolute Gasteiger partial charge is 0.161 e. The number of rotatable bonds is 5. The zero-order valence-electron chi connectivity index (χ0n) is 13.0. The zero-order valence-corrected chi connectivity index (χ0v) is 13.0. The van der Waals surface area contributed by atoms with Crippen molar-refractivity contribution in [3.8, 4) is 17.1 Å².